The molecular formula is C23H22N4O4S2. The molecular weight excluding hydrogens is 460 g/mol. The van der Waals surface area contributed by atoms with Gasteiger partial charge in [-0.05, 0) is 67.8 Å². The van der Waals surface area contributed by atoms with Crippen LogP contribution >= 0.6 is 11.3 Å². The van der Waals surface area contributed by atoms with E-state index in [1.807, 2.05) is 26.8 Å². The number of aryl methyl sites for hydroxylation is 2. The Kier molecular flexibility index (Phi) is 6.05. The molecule has 170 valence electrons. The first kappa shape index (κ1) is 22.7. The van der Waals surface area contributed by atoms with E-state index in [9.17, 15) is 18.0 Å². The number of rotatable bonds is 6. The van der Waals surface area contributed by atoms with Crippen LogP contribution in [0.4, 0.5) is 5.69 Å². The standard InChI is InChI=1S/C23H22N4O4S2/c1-4-17-12-19-22(32-17)24-13-27(23(19)29)25-21(28)16-8-10-18(11-9-16)33(30,31)26-20-7-5-6-14(2)15(20)3/h5-13,26H,4H2,1-3H3,(H,25,28). The van der Waals surface area contributed by atoms with E-state index in [2.05, 4.69) is 15.1 Å². The highest BCUT2D eigenvalue weighted by Gasteiger charge is 2.17. The lowest BCUT2D eigenvalue weighted by atomic mass is 10.1. The van der Waals surface area contributed by atoms with Crippen LogP contribution in [0.5, 0.6) is 0 Å². The Hall–Kier alpha value is -3.50. The van der Waals surface area contributed by atoms with Crippen molar-refractivity contribution in [2.75, 3.05) is 10.1 Å². The van der Waals surface area contributed by atoms with Crippen molar-refractivity contribution in [3.8, 4) is 0 Å². The molecule has 4 rings (SSSR count). The molecule has 10 heteroatoms. The zero-order chi connectivity index (χ0) is 23.8. The number of carbonyl (C=O) groups is 1. The topological polar surface area (TPSA) is 110 Å². The molecule has 2 aromatic heterocycles. The average molecular weight is 483 g/mol. The molecule has 0 saturated heterocycles. The number of sulfonamides is 1. The van der Waals surface area contributed by atoms with E-state index in [0.29, 0.717) is 15.9 Å². The van der Waals surface area contributed by atoms with E-state index in [1.165, 1.54) is 41.9 Å². The number of hydrogen-bond donors (Lipinski definition) is 2. The molecule has 0 aliphatic heterocycles. The van der Waals surface area contributed by atoms with Gasteiger partial charge in [-0.3, -0.25) is 19.7 Å². The highest BCUT2D eigenvalue weighted by molar-refractivity contribution is 7.92. The average Bonchev–Trinajstić information content (AvgIpc) is 3.23. The van der Waals surface area contributed by atoms with Gasteiger partial charge in [-0.1, -0.05) is 19.1 Å². The Labute approximate surface area is 194 Å². The normalized spacial score (nSPS) is 11.5. The SMILES string of the molecule is CCc1cc2c(=O)n(NC(=O)c3ccc(S(=O)(=O)Nc4cccc(C)c4C)cc3)cnc2s1. The summed E-state index contributed by atoms with van der Waals surface area (Å²) in [5.74, 6) is -0.560. The zero-order valence-electron chi connectivity index (χ0n) is 18.2. The molecule has 2 N–H and O–H groups in total. The number of anilines is 1. The number of fused-ring (bicyclic) bond motifs is 1. The van der Waals surface area contributed by atoms with Crippen molar-refractivity contribution in [1.29, 1.82) is 0 Å². The van der Waals surface area contributed by atoms with E-state index in [0.717, 1.165) is 27.1 Å². The minimum absolute atomic E-state index is 0.0191. The van der Waals surface area contributed by atoms with Crippen molar-refractivity contribution in [2.45, 2.75) is 32.1 Å². The highest BCUT2D eigenvalue weighted by Crippen LogP contribution is 2.23. The number of nitrogens with one attached hydrogen (secondary N) is 2. The fourth-order valence-corrected chi connectivity index (χ4v) is 5.30. The number of benzene rings is 2. The lowest BCUT2D eigenvalue weighted by Gasteiger charge is -2.12. The minimum atomic E-state index is -3.83. The van der Waals surface area contributed by atoms with Crippen LogP contribution < -0.4 is 15.7 Å². The van der Waals surface area contributed by atoms with Crippen LogP contribution in [0.15, 0.2) is 64.5 Å². The molecule has 0 bridgehead atoms. The van der Waals surface area contributed by atoms with Crippen molar-refractivity contribution in [3.63, 3.8) is 0 Å². The van der Waals surface area contributed by atoms with Gasteiger partial charge in [0.05, 0.1) is 16.0 Å². The molecule has 0 spiro atoms. The molecule has 2 aromatic carbocycles. The molecule has 0 unspecified atom stereocenters. The van der Waals surface area contributed by atoms with Gasteiger partial charge in [0, 0.05) is 10.4 Å². The quantitative estimate of drug-likeness (QED) is 0.434. The highest BCUT2D eigenvalue weighted by atomic mass is 32.2. The third-order valence-corrected chi connectivity index (χ3v) is 7.92. The second kappa shape index (κ2) is 8.80. The molecule has 33 heavy (non-hydrogen) atoms. The van der Waals surface area contributed by atoms with E-state index in [4.69, 9.17) is 0 Å². The maximum absolute atomic E-state index is 12.8. The van der Waals surface area contributed by atoms with Gasteiger partial charge in [-0.2, -0.15) is 0 Å². The maximum atomic E-state index is 12.8. The molecule has 1 amide bonds. The predicted octanol–water partition coefficient (Wildman–Crippen LogP) is 3.82. The second-order valence-corrected chi connectivity index (χ2v) is 10.3. The smallest absolute Gasteiger partial charge is 0.279 e. The summed E-state index contributed by atoms with van der Waals surface area (Å²) < 4.78 is 29.2. The van der Waals surface area contributed by atoms with E-state index in [1.54, 1.807) is 18.2 Å². The van der Waals surface area contributed by atoms with Crippen molar-refractivity contribution in [3.05, 3.63) is 86.8 Å². The fraction of sp³-hybridized carbons (Fsp3) is 0.174. The van der Waals surface area contributed by atoms with Crippen LogP contribution in [0.1, 0.15) is 33.3 Å². The second-order valence-electron chi connectivity index (χ2n) is 7.52. The third-order valence-electron chi connectivity index (χ3n) is 5.35. The summed E-state index contributed by atoms with van der Waals surface area (Å²) >= 11 is 1.44. The van der Waals surface area contributed by atoms with E-state index >= 15 is 0 Å². The van der Waals surface area contributed by atoms with Crippen molar-refractivity contribution in [1.82, 2.24) is 9.66 Å². The van der Waals surface area contributed by atoms with Crippen LogP contribution in [-0.2, 0) is 16.4 Å². The van der Waals surface area contributed by atoms with Crippen molar-refractivity contribution < 1.29 is 13.2 Å². The summed E-state index contributed by atoms with van der Waals surface area (Å²) in [4.78, 5) is 31.2. The monoisotopic (exact) mass is 482 g/mol. The number of carbonyl (C=O) groups excluding carboxylic acids is 1. The van der Waals surface area contributed by atoms with Crippen molar-refractivity contribution in [2.24, 2.45) is 0 Å². The van der Waals surface area contributed by atoms with Gasteiger partial charge in [0.15, 0.2) is 0 Å². The Morgan fingerprint density at radius 2 is 1.85 bits per heavy atom. The number of thiophene rings is 1. The summed E-state index contributed by atoms with van der Waals surface area (Å²) in [6.07, 6.45) is 2.06. The molecule has 0 aliphatic rings. The van der Waals surface area contributed by atoms with Gasteiger partial charge >= 0.3 is 0 Å². The first-order chi connectivity index (χ1) is 15.7. The molecule has 4 aromatic rings. The van der Waals surface area contributed by atoms with Gasteiger partial charge in [-0.25, -0.2) is 18.1 Å². The summed E-state index contributed by atoms with van der Waals surface area (Å²) in [7, 11) is -3.83. The minimum Gasteiger partial charge on any atom is -0.279 e. The van der Waals surface area contributed by atoms with E-state index < -0.39 is 15.9 Å². The van der Waals surface area contributed by atoms with Gasteiger partial charge < -0.3 is 0 Å². The largest absolute Gasteiger partial charge is 0.280 e. The summed E-state index contributed by atoms with van der Waals surface area (Å²) in [6, 6.07) is 12.6. The number of nitrogens with zero attached hydrogens (tertiary/aromatic N) is 2. The van der Waals surface area contributed by atoms with Crippen LogP contribution in [0.2, 0.25) is 0 Å². The Morgan fingerprint density at radius 1 is 1.12 bits per heavy atom. The Bertz CT molecular complexity index is 1520. The molecule has 0 fully saturated rings. The molecule has 8 nitrogen and oxygen atoms in total. The zero-order valence-corrected chi connectivity index (χ0v) is 19.9. The summed E-state index contributed by atoms with van der Waals surface area (Å²) in [5, 5.41) is 0.443. The van der Waals surface area contributed by atoms with Gasteiger partial charge in [0.25, 0.3) is 21.5 Å². The molecule has 0 radical (unpaired) electrons. The van der Waals surface area contributed by atoms with Crippen LogP contribution in [-0.4, -0.2) is 24.0 Å². The van der Waals surface area contributed by atoms with Crippen molar-refractivity contribution >= 4 is 43.2 Å². The number of amides is 1. The third kappa shape index (κ3) is 4.53. The fourth-order valence-electron chi connectivity index (χ4n) is 3.25. The summed E-state index contributed by atoms with van der Waals surface area (Å²) in [5.41, 5.74) is 4.63. The Balaban J connectivity index is 1.54. The first-order valence-corrected chi connectivity index (χ1v) is 12.5. The van der Waals surface area contributed by atoms with Gasteiger partial charge in [0.2, 0.25) is 0 Å². The predicted molar refractivity (Wildman–Crippen MR) is 130 cm³/mol. The summed E-state index contributed by atoms with van der Waals surface area (Å²) in [6.45, 7) is 5.74. The molecule has 0 aliphatic carbocycles. The Morgan fingerprint density at radius 3 is 2.55 bits per heavy atom. The number of hydrogen-bond acceptors (Lipinski definition) is 6. The molecule has 0 saturated carbocycles. The lowest BCUT2D eigenvalue weighted by Crippen LogP contribution is -2.33. The maximum Gasteiger partial charge on any atom is 0.280 e. The lowest BCUT2D eigenvalue weighted by molar-refractivity contribution is 0.101. The number of aromatic nitrogens is 2. The van der Waals surface area contributed by atoms with Crippen LogP contribution in [0.3, 0.4) is 0 Å². The molecule has 2 heterocycles. The van der Waals surface area contributed by atoms with Crippen LogP contribution in [0, 0.1) is 13.8 Å². The van der Waals surface area contributed by atoms with Crippen LogP contribution in [0.25, 0.3) is 10.2 Å². The molecule has 0 atom stereocenters. The van der Waals surface area contributed by atoms with E-state index in [-0.39, 0.29) is 16.0 Å². The van der Waals surface area contributed by atoms with Gasteiger partial charge in [0.1, 0.15) is 11.2 Å². The van der Waals surface area contributed by atoms with Gasteiger partial charge in [-0.15, -0.1) is 11.3 Å². The first-order valence-electron chi connectivity index (χ1n) is 10.2.